The van der Waals surface area contributed by atoms with Gasteiger partial charge in [0.15, 0.2) is 17.3 Å². The molecule has 1 aromatic rings. The third-order valence-corrected chi connectivity index (χ3v) is 3.75. The van der Waals surface area contributed by atoms with Gasteiger partial charge in [-0.3, -0.25) is 0 Å². The number of fused-ring (bicyclic) bond motifs is 1. The van der Waals surface area contributed by atoms with Crippen LogP contribution in [0.1, 0.15) is 17.0 Å². The maximum Gasteiger partial charge on any atom is 0.335 e. The Balaban J connectivity index is -0.000000329. The Morgan fingerprint density at radius 1 is 1.12 bits per heavy atom. The van der Waals surface area contributed by atoms with E-state index in [1.165, 1.54) is 10.6 Å². The van der Waals surface area contributed by atoms with Gasteiger partial charge in [-0.25, -0.2) is 14.6 Å². The third kappa shape index (κ3) is 7.60. The lowest BCUT2D eigenvalue weighted by Gasteiger charge is -2.15. The molecule has 24 heavy (non-hydrogen) atoms. The molecule has 2 rings (SSSR count). The number of aliphatic hydroxyl groups excluding tert-OH is 2. The first-order chi connectivity index (χ1) is 9.72. The number of aliphatic hydroxyl groups is 2. The van der Waals surface area contributed by atoms with Gasteiger partial charge >= 0.3 is 11.9 Å². The largest absolute Gasteiger partial charge is 0.479 e. The van der Waals surface area contributed by atoms with Crippen molar-refractivity contribution in [3.63, 3.8) is 0 Å². The summed E-state index contributed by atoms with van der Waals surface area (Å²) in [5, 5.41) is 33.2. The van der Waals surface area contributed by atoms with Crippen LogP contribution >= 0.6 is 11.3 Å². The topological polar surface area (TPSA) is 274 Å². The first-order valence-electron chi connectivity index (χ1n) is 6.03. The van der Waals surface area contributed by atoms with Gasteiger partial charge in [-0.05, 0) is 19.3 Å². The number of thiazole rings is 1. The monoisotopic (exact) mass is 373 g/mol. The van der Waals surface area contributed by atoms with Crippen molar-refractivity contribution >= 4 is 28.4 Å². The van der Waals surface area contributed by atoms with E-state index in [4.69, 9.17) is 31.9 Å². The quantitative estimate of drug-likeness (QED) is 0.300. The number of carboxylic acid groups (broad SMARTS) is 2. The van der Waals surface area contributed by atoms with Crippen LogP contribution in [0.3, 0.4) is 0 Å². The van der Waals surface area contributed by atoms with Gasteiger partial charge in [0.25, 0.3) is 0 Å². The van der Waals surface area contributed by atoms with Crippen LogP contribution in [-0.4, -0.2) is 72.0 Å². The molecule has 1 heterocycles. The normalized spacial score (nSPS) is 17.2. The van der Waals surface area contributed by atoms with Gasteiger partial charge in [-0.15, -0.1) is 11.3 Å². The van der Waals surface area contributed by atoms with E-state index in [2.05, 4.69) is 4.98 Å². The number of aliphatic carboxylic acids is 2. The summed E-state index contributed by atoms with van der Waals surface area (Å²) in [7, 11) is 0. The number of anilines is 1. The van der Waals surface area contributed by atoms with Gasteiger partial charge in [-0.1, -0.05) is 0 Å². The predicted octanol–water partition coefficient (Wildman–Crippen LogP) is -4.06. The zero-order valence-electron chi connectivity index (χ0n) is 12.5. The van der Waals surface area contributed by atoms with Crippen molar-refractivity contribution in [2.24, 2.45) is 5.73 Å². The first-order valence-corrected chi connectivity index (χ1v) is 6.85. The second kappa shape index (κ2) is 11.6. The lowest BCUT2D eigenvalue weighted by Crippen LogP contribution is -2.39. The summed E-state index contributed by atoms with van der Waals surface area (Å²) < 4.78 is 0. The van der Waals surface area contributed by atoms with Crippen LogP contribution in [0.25, 0.3) is 0 Å². The number of aryl methyl sites for hydroxylation is 1. The molecule has 1 aromatic heterocycles. The minimum absolute atomic E-state index is 0. The smallest absolute Gasteiger partial charge is 0.335 e. The summed E-state index contributed by atoms with van der Waals surface area (Å²) in [4.78, 5) is 25.1. The Kier molecular flexibility index (Phi) is 13.1. The highest BCUT2D eigenvalue weighted by molar-refractivity contribution is 7.15. The molecule has 0 amide bonds. The number of hydrogen-bond donors (Lipinski definition) is 6. The molecule has 0 saturated heterocycles. The number of rotatable bonds is 3. The zero-order chi connectivity index (χ0) is 16.2. The average Bonchev–Trinajstić information content (AvgIpc) is 2.76. The van der Waals surface area contributed by atoms with Crippen molar-refractivity contribution in [1.82, 2.24) is 4.98 Å². The Bertz CT molecular complexity index is 507. The molecular weight excluding hydrogens is 350 g/mol. The second-order valence-electron chi connectivity index (χ2n) is 4.49. The summed E-state index contributed by atoms with van der Waals surface area (Å²) >= 11 is 1.58. The fraction of sp³-hybridized carbons (Fsp3) is 0.545. The Hall–Kier alpha value is -1.87. The zero-order valence-corrected chi connectivity index (χ0v) is 13.3. The molecule has 12 nitrogen and oxygen atoms in total. The molecule has 1 aliphatic rings. The highest BCUT2D eigenvalue weighted by Gasteiger charge is 2.29. The van der Waals surface area contributed by atoms with Gasteiger partial charge in [0.05, 0.1) is 5.69 Å². The third-order valence-electron chi connectivity index (χ3n) is 2.80. The molecule has 0 fully saturated rings. The average molecular weight is 373 g/mol. The molecule has 142 valence electrons. The molecule has 2 unspecified atom stereocenters. The number of carbonyl (C=O) groups is 2. The molecule has 14 N–H and O–H groups in total. The standard InChI is InChI=1S/C7H11N3S.C4H6O6.3H2O/c8-4-1-2-5-6(3-4)11-7(9)10-5;5-1(3(7)8)2(6)4(9)10;;;/h4H,1-3,8H2,(H2,9,10);1-2,5-6H,(H,7,8)(H,9,10);3*1H2/t4-;;;;/m0..../s1. The molecule has 0 spiro atoms. The van der Waals surface area contributed by atoms with Gasteiger partial charge in [-0.2, -0.15) is 0 Å². The van der Waals surface area contributed by atoms with Crippen LogP contribution in [0.2, 0.25) is 0 Å². The second-order valence-corrected chi connectivity index (χ2v) is 5.61. The first kappa shape index (κ1) is 27.0. The van der Waals surface area contributed by atoms with Crippen LogP contribution in [-0.2, 0) is 22.4 Å². The maximum atomic E-state index is 9.77. The lowest BCUT2D eigenvalue weighted by molar-refractivity contribution is -0.165. The molecule has 13 heteroatoms. The summed E-state index contributed by atoms with van der Waals surface area (Å²) in [5.41, 5.74) is 12.5. The minimum Gasteiger partial charge on any atom is -0.479 e. The van der Waals surface area contributed by atoms with Crippen LogP contribution in [0.5, 0.6) is 0 Å². The van der Waals surface area contributed by atoms with Gasteiger partial charge < -0.3 is 48.3 Å². The van der Waals surface area contributed by atoms with Crippen molar-refractivity contribution in [1.29, 1.82) is 0 Å². The van der Waals surface area contributed by atoms with Gasteiger partial charge in [0, 0.05) is 10.9 Å². The maximum absolute atomic E-state index is 9.77. The lowest BCUT2D eigenvalue weighted by atomic mass is 9.99. The Morgan fingerprint density at radius 3 is 2.00 bits per heavy atom. The molecule has 0 radical (unpaired) electrons. The van der Waals surface area contributed by atoms with E-state index >= 15 is 0 Å². The van der Waals surface area contributed by atoms with Gasteiger partial charge in [0.1, 0.15) is 0 Å². The van der Waals surface area contributed by atoms with Gasteiger partial charge in [0.2, 0.25) is 0 Å². The number of carboxylic acids is 2. The fourth-order valence-electron chi connectivity index (χ4n) is 1.69. The number of nitrogens with two attached hydrogens (primary N) is 2. The number of nitrogen functional groups attached to an aromatic ring is 1. The van der Waals surface area contributed by atoms with Crippen molar-refractivity contribution < 1.29 is 46.4 Å². The van der Waals surface area contributed by atoms with E-state index < -0.39 is 24.1 Å². The minimum atomic E-state index is -2.27. The highest BCUT2D eigenvalue weighted by atomic mass is 32.1. The van der Waals surface area contributed by atoms with Crippen molar-refractivity contribution in [3.05, 3.63) is 10.6 Å². The molecule has 1 aliphatic carbocycles. The Morgan fingerprint density at radius 2 is 1.58 bits per heavy atom. The van der Waals surface area contributed by atoms with Crippen molar-refractivity contribution in [3.8, 4) is 0 Å². The fourth-order valence-corrected chi connectivity index (χ4v) is 2.66. The van der Waals surface area contributed by atoms with Crippen LogP contribution in [0.15, 0.2) is 0 Å². The Labute approximate surface area is 140 Å². The molecule has 3 atom stereocenters. The number of aromatic nitrogens is 1. The summed E-state index contributed by atoms with van der Waals surface area (Å²) in [5.74, 6) is -3.54. The summed E-state index contributed by atoms with van der Waals surface area (Å²) in [6.07, 6.45) is -1.51. The molecule has 0 aromatic carbocycles. The van der Waals surface area contributed by atoms with E-state index in [0.717, 1.165) is 19.3 Å². The predicted molar refractivity (Wildman–Crippen MR) is 84.7 cm³/mol. The van der Waals surface area contributed by atoms with E-state index in [-0.39, 0.29) is 16.4 Å². The van der Waals surface area contributed by atoms with E-state index in [1.54, 1.807) is 11.3 Å². The van der Waals surface area contributed by atoms with Crippen LogP contribution in [0.4, 0.5) is 5.13 Å². The van der Waals surface area contributed by atoms with Crippen molar-refractivity contribution in [2.45, 2.75) is 37.5 Å². The van der Waals surface area contributed by atoms with E-state index in [1.807, 2.05) is 0 Å². The van der Waals surface area contributed by atoms with Crippen molar-refractivity contribution in [2.75, 3.05) is 5.73 Å². The summed E-state index contributed by atoms with van der Waals surface area (Å²) in [6, 6.07) is 0.322. The highest BCUT2D eigenvalue weighted by Crippen LogP contribution is 2.27. The molecular formula is C11H23N3O9S. The molecule has 0 bridgehead atoms. The van der Waals surface area contributed by atoms with Crippen LogP contribution in [0, 0.1) is 0 Å². The van der Waals surface area contributed by atoms with E-state index in [9.17, 15) is 9.59 Å². The number of hydrogen-bond acceptors (Lipinski definition) is 8. The van der Waals surface area contributed by atoms with Crippen LogP contribution < -0.4 is 11.5 Å². The molecule has 0 saturated carbocycles. The number of nitrogens with zero attached hydrogens (tertiary/aromatic N) is 1. The summed E-state index contributed by atoms with van der Waals surface area (Å²) in [6.45, 7) is 0. The SMILES string of the molecule is Nc1nc2c(s1)C[C@@H](N)CC2.O.O.O.O=C(O)C(O)C(O)C(=O)O. The van der Waals surface area contributed by atoms with E-state index in [0.29, 0.717) is 11.2 Å². The molecule has 0 aliphatic heterocycles.